The number of hydrogen-bond donors (Lipinski definition) is 1. The number of phenolic OH excluding ortho intramolecular Hbond substituents is 1. The molecular formula is C14H13FO2S. The first-order valence-corrected chi connectivity index (χ1v) is 6.42. The average molecular weight is 264 g/mol. The van der Waals surface area contributed by atoms with E-state index in [1.807, 2.05) is 0 Å². The summed E-state index contributed by atoms with van der Waals surface area (Å²) in [5, 5.41) is 9.16. The highest BCUT2D eigenvalue weighted by atomic mass is 32.2. The van der Waals surface area contributed by atoms with Gasteiger partial charge in [-0.1, -0.05) is 6.07 Å². The van der Waals surface area contributed by atoms with Crippen molar-refractivity contribution in [3.63, 3.8) is 0 Å². The van der Waals surface area contributed by atoms with Crippen LogP contribution < -0.4 is 4.74 Å². The number of ether oxygens (including phenoxy) is 1. The maximum Gasteiger partial charge on any atom is 0.130 e. The highest BCUT2D eigenvalue weighted by Gasteiger charge is 2.04. The number of hydrogen-bond acceptors (Lipinski definition) is 3. The Hall–Kier alpha value is -1.68. The second-order valence-electron chi connectivity index (χ2n) is 3.74. The van der Waals surface area contributed by atoms with Crippen molar-refractivity contribution in [1.82, 2.24) is 0 Å². The Labute approximate surface area is 109 Å². The van der Waals surface area contributed by atoms with E-state index in [1.165, 1.54) is 24.9 Å². The molecule has 0 atom stereocenters. The largest absolute Gasteiger partial charge is 0.508 e. The Kier molecular flexibility index (Phi) is 4.10. The van der Waals surface area contributed by atoms with Crippen LogP contribution in [0.3, 0.4) is 0 Å². The van der Waals surface area contributed by atoms with Crippen molar-refractivity contribution in [1.29, 1.82) is 0 Å². The molecule has 0 aliphatic heterocycles. The van der Waals surface area contributed by atoms with E-state index in [0.29, 0.717) is 17.1 Å². The number of methoxy groups -OCH3 is 1. The first-order chi connectivity index (χ1) is 8.69. The van der Waals surface area contributed by atoms with Crippen LogP contribution in [0.25, 0.3) is 0 Å². The predicted molar refractivity (Wildman–Crippen MR) is 70.6 cm³/mol. The molecule has 2 aromatic carbocycles. The molecular weight excluding hydrogens is 251 g/mol. The van der Waals surface area contributed by atoms with E-state index in [1.54, 1.807) is 36.4 Å². The van der Waals surface area contributed by atoms with Crippen LogP contribution in [-0.4, -0.2) is 12.2 Å². The molecule has 0 aromatic heterocycles. The minimum Gasteiger partial charge on any atom is -0.508 e. The first kappa shape index (κ1) is 12.8. The number of halogens is 1. The van der Waals surface area contributed by atoms with Crippen molar-refractivity contribution in [2.45, 2.75) is 10.6 Å². The summed E-state index contributed by atoms with van der Waals surface area (Å²) in [6.45, 7) is 0. The fraction of sp³-hybridized carbons (Fsp3) is 0.143. The van der Waals surface area contributed by atoms with Gasteiger partial charge in [0.25, 0.3) is 0 Å². The minimum atomic E-state index is -0.263. The third-order valence-corrected chi connectivity index (χ3v) is 3.55. The number of aromatic hydroxyl groups is 1. The van der Waals surface area contributed by atoms with Gasteiger partial charge in [0.05, 0.1) is 7.11 Å². The molecule has 0 unspecified atom stereocenters. The van der Waals surface area contributed by atoms with Gasteiger partial charge in [0, 0.05) is 16.7 Å². The Morgan fingerprint density at radius 2 is 1.89 bits per heavy atom. The molecule has 0 bridgehead atoms. The quantitative estimate of drug-likeness (QED) is 0.851. The SMILES string of the molecule is COc1ccc(CSc2ccc(O)cc2)c(F)c1. The van der Waals surface area contributed by atoms with Gasteiger partial charge in [-0.3, -0.25) is 0 Å². The Bertz CT molecular complexity index is 526. The molecule has 1 N–H and O–H groups in total. The summed E-state index contributed by atoms with van der Waals surface area (Å²) in [7, 11) is 1.51. The number of benzene rings is 2. The van der Waals surface area contributed by atoms with Crippen molar-refractivity contribution < 1.29 is 14.2 Å². The molecule has 0 fully saturated rings. The average Bonchev–Trinajstić information content (AvgIpc) is 2.39. The highest BCUT2D eigenvalue weighted by Crippen LogP contribution is 2.26. The molecule has 0 saturated heterocycles. The van der Waals surface area contributed by atoms with E-state index in [0.717, 1.165) is 4.90 Å². The lowest BCUT2D eigenvalue weighted by atomic mass is 10.2. The van der Waals surface area contributed by atoms with Crippen LogP contribution in [-0.2, 0) is 5.75 Å². The van der Waals surface area contributed by atoms with Gasteiger partial charge in [-0.05, 0) is 35.9 Å². The molecule has 0 radical (unpaired) electrons. The second kappa shape index (κ2) is 5.78. The minimum absolute atomic E-state index is 0.231. The molecule has 2 aromatic rings. The van der Waals surface area contributed by atoms with Gasteiger partial charge in [0.15, 0.2) is 0 Å². The van der Waals surface area contributed by atoms with Crippen LogP contribution in [0.1, 0.15) is 5.56 Å². The molecule has 0 saturated carbocycles. The van der Waals surface area contributed by atoms with E-state index in [2.05, 4.69) is 0 Å². The number of thioether (sulfide) groups is 1. The van der Waals surface area contributed by atoms with E-state index in [-0.39, 0.29) is 11.6 Å². The van der Waals surface area contributed by atoms with Gasteiger partial charge in [-0.25, -0.2) is 4.39 Å². The zero-order valence-corrected chi connectivity index (χ0v) is 10.7. The summed E-state index contributed by atoms with van der Waals surface area (Å²) in [5.74, 6) is 1.03. The van der Waals surface area contributed by atoms with Crippen molar-refractivity contribution in [3.8, 4) is 11.5 Å². The Balaban J connectivity index is 2.04. The third kappa shape index (κ3) is 3.17. The van der Waals surface area contributed by atoms with E-state index < -0.39 is 0 Å². The van der Waals surface area contributed by atoms with Gasteiger partial charge in [0.1, 0.15) is 17.3 Å². The lowest BCUT2D eigenvalue weighted by Gasteiger charge is -2.05. The van der Waals surface area contributed by atoms with Gasteiger partial charge < -0.3 is 9.84 Å². The van der Waals surface area contributed by atoms with Crippen molar-refractivity contribution in [3.05, 3.63) is 53.8 Å². The lowest BCUT2D eigenvalue weighted by Crippen LogP contribution is -1.90. The summed E-state index contributed by atoms with van der Waals surface area (Å²) < 4.78 is 18.6. The van der Waals surface area contributed by atoms with Gasteiger partial charge in [0.2, 0.25) is 0 Å². The Morgan fingerprint density at radius 3 is 2.50 bits per heavy atom. The van der Waals surface area contributed by atoms with Crippen LogP contribution in [0, 0.1) is 5.82 Å². The fourth-order valence-corrected chi connectivity index (χ4v) is 2.36. The molecule has 94 valence electrons. The first-order valence-electron chi connectivity index (χ1n) is 5.43. The molecule has 0 spiro atoms. The van der Waals surface area contributed by atoms with Crippen LogP contribution >= 0.6 is 11.8 Å². The number of phenols is 1. The molecule has 2 rings (SSSR count). The summed E-state index contributed by atoms with van der Waals surface area (Å²) in [6.07, 6.45) is 0. The summed E-state index contributed by atoms with van der Waals surface area (Å²) in [6, 6.07) is 11.7. The standard InChI is InChI=1S/C14H13FO2S/c1-17-12-5-2-10(14(15)8-12)9-18-13-6-3-11(16)4-7-13/h2-8,16H,9H2,1H3. The van der Waals surface area contributed by atoms with Crippen molar-refractivity contribution in [2.75, 3.05) is 7.11 Å². The predicted octanol–water partition coefficient (Wildman–Crippen LogP) is 3.83. The van der Waals surface area contributed by atoms with Crippen LogP contribution in [0.2, 0.25) is 0 Å². The molecule has 0 amide bonds. The summed E-state index contributed by atoms with van der Waals surface area (Å²) >= 11 is 1.52. The second-order valence-corrected chi connectivity index (χ2v) is 4.79. The summed E-state index contributed by atoms with van der Waals surface area (Å²) in [5.41, 5.74) is 0.633. The molecule has 0 heterocycles. The van der Waals surface area contributed by atoms with E-state index >= 15 is 0 Å². The Morgan fingerprint density at radius 1 is 1.17 bits per heavy atom. The monoisotopic (exact) mass is 264 g/mol. The van der Waals surface area contributed by atoms with E-state index in [9.17, 15) is 4.39 Å². The normalized spacial score (nSPS) is 10.3. The zero-order chi connectivity index (χ0) is 13.0. The summed E-state index contributed by atoms with van der Waals surface area (Å²) in [4.78, 5) is 0.989. The van der Waals surface area contributed by atoms with Crippen LogP contribution in [0.15, 0.2) is 47.4 Å². The molecule has 4 heteroatoms. The van der Waals surface area contributed by atoms with Gasteiger partial charge in [-0.2, -0.15) is 0 Å². The van der Waals surface area contributed by atoms with Gasteiger partial charge >= 0.3 is 0 Å². The fourth-order valence-electron chi connectivity index (χ4n) is 1.48. The van der Waals surface area contributed by atoms with E-state index in [4.69, 9.17) is 9.84 Å². The van der Waals surface area contributed by atoms with Crippen LogP contribution in [0.4, 0.5) is 4.39 Å². The van der Waals surface area contributed by atoms with Gasteiger partial charge in [-0.15, -0.1) is 11.8 Å². The lowest BCUT2D eigenvalue weighted by molar-refractivity contribution is 0.411. The number of rotatable bonds is 4. The van der Waals surface area contributed by atoms with Crippen molar-refractivity contribution in [2.24, 2.45) is 0 Å². The third-order valence-electron chi connectivity index (χ3n) is 2.49. The molecule has 0 aliphatic carbocycles. The maximum atomic E-state index is 13.7. The smallest absolute Gasteiger partial charge is 0.130 e. The zero-order valence-electron chi connectivity index (χ0n) is 9.89. The molecule has 0 aliphatic rings. The maximum absolute atomic E-state index is 13.7. The topological polar surface area (TPSA) is 29.5 Å². The van der Waals surface area contributed by atoms with Crippen molar-refractivity contribution >= 4 is 11.8 Å². The molecule has 18 heavy (non-hydrogen) atoms. The highest BCUT2D eigenvalue weighted by molar-refractivity contribution is 7.98. The van der Waals surface area contributed by atoms with Crippen LogP contribution in [0.5, 0.6) is 11.5 Å². The molecule has 2 nitrogen and oxygen atoms in total.